The van der Waals surface area contributed by atoms with Crippen molar-refractivity contribution in [1.82, 2.24) is 4.98 Å². The first-order valence-corrected chi connectivity index (χ1v) is 5.84. The number of rotatable bonds is 2. The van der Waals surface area contributed by atoms with Gasteiger partial charge in [-0.15, -0.1) is 0 Å². The number of hydrogen-bond acceptors (Lipinski definition) is 3. The predicted molar refractivity (Wildman–Crippen MR) is 73.9 cm³/mol. The number of hydrogen-bond donors (Lipinski definition) is 0. The number of allylic oxidation sites excluding steroid dienone is 1. The highest BCUT2D eigenvalue weighted by molar-refractivity contribution is 6.30. The van der Waals surface area contributed by atoms with Gasteiger partial charge in [0.1, 0.15) is 6.07 Å². The van der Waals surface area contributed by atoms with E-state index in [0.29, 0.717) is 21.9 Å². The molecule has 0 aliphatic heterocycles. The molecule has 2 rings (SSSR count). The van der Waals surface area contributed by atoms with E-state index in [1.165, 1.54) is 6.20 Å². The van der Waals surface area contributed by atoms with Gasteiger partial charge in [-0.05, 0) is 35.9 Å². The number of aromatic nitrogens is 1. The Balaban J connectivity index is 2.36. The average Bonchev–Trinajstić information content (AvgIpc) is 2.46. The van der Waals surface area contributed by atoms with Crippen molar-refractivity contribution in [3.8, 4) is 12.1 Å². The average molecular weight is 266 g/mol. The lowest BCUT2D eigenvalue weighted by Crippen LogP contribution is -1.86. The number of nitrogens with zero attached hydrogens (tertiary/aromatic N) is 3. The van der Waals surface area contributed by atoms with Crippen molar-refractivity contribution in [2.45, 2.75) is 0 Å². The second-order valence-electron chi connectivity index (χ2n) is 3.77. The van der Waals surface area contributed by atoms with Gasteiger partial charge in [0, 0.05) is 6.20 Å². The van der Waals surface area contributed by atoms with Crippen LogP contribution in [-0.4, -0.2) is 4.98 Å². The third kappa shape index (κ3) is 3.19. The predicted octanol–water partition coefficient (Wildman–Crippen LogP) is 3.67. The fourth-order valence-electron chi connectivity index (χ4n) is 1.52. The van der Waals surface area contributed by atoms with Gasteiger partial charge in [-0.25, -0.2) is 0 Å². The Hall–Kier alpha value is -2.62. The van der Waals surface area contributed by atoms with E-state index in [4.69, 9.17) is 22.1 Å². The fourth-order valence-corrected chi connectivity index (χ4v) is 1.63. The first-order chi connectivity index (χ1) is 9.22. The van der Waals surface area contributed by atoms with Gasteiger partial charge in [-0.2, -0.15) is 10.5 Å². The molecule has 0 radical (unpaired) electrons. The quantitative estimate of drug-likeness (QED) is 0.779. The van der Waals surface area contributed by atoms with Crippen molar-refractivity contribution >= 4 is 23.3 Å². The van der Waals surface area contributed by atoms with Crippen LogP contribution < -0.4 is 0 Å². The van der Waals surface area contributed by atoms with Crippen LogP contribution in [0.1, 0.15) is 16.8 Å². The van der Waals surface area contributed by atoms with E-state index < -0.39 is 0 Å². The van der Waals surface area contributed by atoms with Gasteiger partial charge in [-0.1, -0.05) is 23.7 Å². The summed E-state index contributed by atoms with van der Waals surface area (Å²) in [5, 5.41) is 18.4. The second kappa shape index (κ2) is 5.82. The van der Waals surface area contributed by atoms with Crippen molar-refractivity contribution in [3.63, 3.8) is 0 Å². The number of pyridine rings is 1. The van der Waals surface area contributed by atoms with Gasteiger partial charge in [-0.3, -0.25) is 4.98 Å². The summed E-state index contributed by atoms with van der Waals surface area (Å²) in [4.78, 5) is 4.10. The van der Waals surface area contributed by atoms with E-state index in [2.05, 4.69) is 11.1 Å². The monoisotopic (exact) mass is 265 g/mol. The highest BCUT2D eigenvalue weighted by Gasteiger charge is 2.02. The lowest BCUT2D eigenvalue weighted by atomic mass is 10.1. The highest BCUT2D eigenvalue weighted by atomic mass is 35.5. The van der Waals surface area contributed by atoms with Gasteiger partial charge in [0.05, 0.1) is 27.9 Å². The van der Waals surface area contributed by atoms with Crippen LogP contribution in [0.2, 0.25) is 5.02 Å². The lowest BCUT2D eigenvalue weighted by molar-refractivity contribution is 1.28. The molecule has 2 aromatic rings. The maximum atomic E-state index is 9.17. The summed E-state index contributed by atoms with van der Waals surface area (Å²) in [6.07, 6.45) is 3.22. The second-order valence-corrected chi connectivity index (χ2v) is 4.20. The number of halogens is 1. The molecule has 0 saturated heterocycles. The molecular weight excluding hydrogens is 258 g/mol. The Bertz CT molecular complexity index is 686. The normalized spacial score (nSPS) is 10.6. The van der Waals surface area contributed by atoms with E-state index in [1.807, 2.05) is 6.07 Å². The van der Waals surface area contributed by atoms with E-state index in [9.17, 15) is 0 Å². The molecule has 0 N–H and O–H groups in total. The van der Waals surface area contributed by atoms with E-state index in [-0.39, 0.29) is 0 Å². The van der Waals surface area contributed by atoms with Crippen LogP contribution in [0.3, 0.4) is 0 Å². The Morgan fingerprint density at radius 1 is 1.11 bits per heavy atom. The summed E-state index contributed by atoms with van der Waals surface area (Å²) in [5.74, 6) is 0. The van der Waals surface area contributed by atoms with E-state index in [1.54, 1.807) is 42.5 Å². The molecule has 1 aromatic carbocycles. The molecule has 0 spiro atoms. The van der Waals surface area contributed by atoms with Crippen LogP contribution in [0.15, 0.2) is 42.6 Å². The minimum atomic E-state index is 0.446. The summed E-state index contributed by atoms with van der Waals surface area (Å²) in [6, 6.07) is 14.5. The van der Waals surface area contributed by atoms with Gasteiger partial charge >= 0.3 is 0 Å². The molecule has 0 bridgehead atoms. The Labute approximate surface area is 116 Å². The Morgan fingerprint density at radius 2 is 1.84 bits per heavy atom. The van der Waals surface area contributed by atoms with Crippen LogP contribution in [0.25, 0.3) is 11.6 Å². The third-order valence-corrected chi connectivity index (χ3v) is 2.70. The van der Waals surface area contributed by atoms with E-state index in [0.717, 1.165) is 5.56 Å². The van der Waals surface area contributed by atoms with Gasteiger partial charge in [0.2, 0.25) is 0 Å². The highest BCUT2D eigenvalue weighted by Crippen LogP contribution is 2.17. The van der Waals surface area contributed by atoms with E-state index >= 15 is 0 Å². The van der Waals surface area contributed by atoms with Gasteiger partial charge < -0.3 is 0 Å². The third-order valence-electron chi connectivity index (χ3n) is 2.47. The van der Waals surface area contributed by atoms with Gasteiger partial charge in [0.15, 0.2) is 0 Å². The zero-order chi connectivity index (χ0) is 13.7. The number of nitriles is 2. The Kier molecular flexibility index (Phi) is 3.93. The van der Waals surface area contributed by atoms with Crippen LogP contribution in [0.5, 0.6) is 0 Å². The zero-order valence-electron chi connectivity index (χ0n) is 9.84. The largest absolute Gasteiger partial charge is 0.254 e. The first-order valence-electron chi connectivity index (χ1n) is 5.47. The van der Waals surface area contributed by atoms with Gasteiger partial charge in [0.25, 0.3) is 0 Å². The molecule has 0 amide bonds. The van der Waals surface area contributed by atoms with Crippen molar-refractivity contribution in [2.24, 2.45) is 0 Å². The van der Waals surface area contributed by atoms with Crippen LogP contribution in [-0.2, 0) is 0 Å². The molecule has 1 aromatic heterocycles. The topological polar surface area (TPSA) is 60.5 Å². The van der Waals surface area contributed by atoms with Crippen molar-refractivity contribution in [2.75, 3.05) is 0 Å². The standard InChI is InChI=1S/C15H8ClN3/c16-14-5-6-15(19-10-14)13(9-18)7-11-1-3-12(8-17)4-2-11/h1-7,10H. The van der Waals surface area contributed by atoms with Crippen LogP contribution in [0.4, 0.5) is 0 Å². The molecule has 4 heteroatoms. The minimum Gasteiger partial charge on any atom is -0.254 e. The molecular formula is C15H8ClN3. The van der Waals surface area contributed by atoms with Crippen molar-refractivity contribution < 1.29 is 0 Å². The smallest absolute Gasteiger partial charge is 0.101 e. The molecule has 0 fully saturated rings. The molecule has 0 aliphatic carbocycles. The Morgan fingerprint density at radius 3 is 2.37 bits per heavy atom. The molecule has 0 unspecified atom stereocenters. The summed E-state index contributed by atoms with van der Waals surface area (Å²) in [7, 11) is 0. The number of benzene rings is 1. The molecule has 19 heavy (non-hydrogen) atoms. The summed E-state index contributed by atoms with van der Waals surface area (Å²) in [6.45, 7) is 0. The minimum absolute atomic E-state index is 0.446. The van der Waals surface area contributed by atoms with Crippen LogP contribution >= 0.6 is 11.6 Å². The summed E-state index contributed by atoms with van der Waals surface area (Å²) < 4.78 is 0. The zero-order valence-corrected chi connectivity index (χ0v) is 10.6. The maximum absolute atomic E-state index is 9.17. The van der Waals surface area contributed by atoms with Crippen molar-refractivity contribution in [3.05, 3.63) is 64.4 Å². The molecule has 3 nitrogen and oxygen atoms in total. The summed E-state index contributed by atoms with van der Waals surface area (Å²) in [5.41, 5.74) is 2.44. The fraction of sp³-hybridized carbons (Fsp3) is 0. The van der Waals surface area contributed by atoms with Crippen molar-refractivity contribution in [1.29, 1.82) is 10.5 Å². The SMILES string of the molecule is N#CC(=Cc1ccc(C#N)cc1)c1ccc(Cl)cn1. The molecule has 0 aliphatic rings. The molecule has 90 valence electrons. The van der Waals surface area contributed by atoms with Crippen LogP contribution in [0, 0.1) is 22.7 Å². The summed E-state index contributed by atoms with van der Waals surface area (Å²) >= 11 is 5.76. The molecule has 0 saturated carbocycles. The molecule has 1 heterocycles. The maximum Gasteiger partial charge on any atom is 0.101 e. The first kappa shape index (κ1) is 12.8. The molecule has 0 atom stereocenters. The lowest BCUT2D eigenvalue weighted by Gasteiger charge is -1.99.